The molecule has 3 N–H and O–H groups in total. The van der Waals surface area contributed by atoms with Gasteiger partial charge in [-0.15, -0.1) is 0 Å². The summed E-state index contributed by atoms with van der Waals surface area (Å²) < 4.78 is 8.66. The fourth-order valence-corrected chi connectivity index (χ4v) is 0. The molecule has 46 valence electrons. The quantitative estimate of drug-likeness (QED) is 0.268. The monoisotopic (exact) mass is 157 g/mol. The van der Waals surface area contributed by atoms with E-state index in [1.165, 1.54) is 0 Å². The first-order valence-electron chi connectivity index (χ1n) is 1.33. The molecule has 0 bridgehead atoms. The molecule has 0 aromatic carbocycles. The van der Waals surface area contributed by atoms with E-state index in [0.29, 0.717) is 0 Å². The maximum atomic E-state index is 8.66. The molecule has 0 rings (SSSR count). The van der Waals surface area contributed by atoms with Gasteiger partial charge in [-0.05, 0) is 0 Å². The molecule has 0 aromatic rings. The molecule has 0 atom stereocenters. The molecule has 0 saturated heterocycles. The standard InChI is InChI=1S/2Li.H5NSi.H3O4P/c;;1-2;1-5(2,3)4/h;;1H2,2H3;(H3,1,2,3,4)/q2*+1;;/p-2. The Bertz CT molecular complexity index is 64.7. The van der Waals surface area contributed by atoms with Crippen LogP contribution >= 0.6 is 7.82 Å². The predicted molar refractivity (Wildman–Crippen MR) is 24.0 cm³/mol. The SMILES string of the molecule is N[SiH3].O=P([O-])([O-])O.[Li+].[Li+]. The summed E-state index contributed by atoms with van der Waals surface area (Å²) >= 11 is 0. The number of rotatable bonds is 0. The summed E-state index contributed by atoms with van der Waals surface area (Å²) in [5.41, 5.74) is 0. The van der Waals surface area contributed by atoms with Crippen molar-refractivity contribution in [2.24, 2.45) is 5.40 Å². The van der Waals surface area contributed by atoms with Crippen LogP contribution in [0.15, 0.2) is 0 Å². The molecule has 0 aromatic heterocycles. The normalized spacial score (nSPS) is 7.56. The number of nitrogens with two attached hydrogens (primary N) is 1. The van der Waals surface area contributed by atoms with Gasteiger partial charge in [-0.3, -0.25) is 0 Å². The van der Waals surface area contributed by atoms with Gasteiger partial charge in [0.25, 0.3) is 0 Å². The van der Waals surface area contributed by atoms with Crippen LogP contribution in [0.1, 0.15) is 0 Å². The summed E-state index contributed by atoms with van der Waals surface area (Å²) in [6, 6.07) is 0. The van der Waals surface area contributed by atoms with E-state index in [4.69, 9.17) is 19.2 Å². The van der Waals surface area contributed by atoms with Gasteiger partial charge >= 0.3 is 37.7 Å². The van der Waals surface area contributed by atoms with Gasteiger partial charge in [-0.25, -0.2) is 0 Å². The first kappa shape index (κ1) is 22.4. The Balaban J connectivity index is -0.0000000286. The Morgan fingerprint density at radius 1 is 1.33 bits per heavy atom. The van der Waals surface area contributed by atoms with Crippen molar-refractivity contribution in [2.75, 3.05) is 0 Å². The van der Waals surface area contributed by atoms with Crippen LogP contribution in [0.25, 0.3) is 0 Å². The van der Waals surface area contributed by atoms with Crippen molar-refractivity contribution in [3.8, 4) is 0 Å². The first-order chi connectivity index (χ1) is 3.00. The molecular formula is H6Li2NO4PSi. The molecule has 9 heteroatoms. The van der Waals surface area contributed by atoms with E-state index in [9.17, 15) is 0 Å². The van der Waals surface area contributed by atoms with Crippen LogP contribution in [-0.2, 0) is 4.57 Å². The summed E-state index contributed by atoms with van der Waals surface area (Å²) in [6.07, 6.45) is 0. The third kappa shape index (κ3) is 242. The smallest absolute Gasteiger partial charge is 0.790 e. The van der Waals surface area contributed by atoms with Gasteiger partial charge in [0.05, 0.1) is 18.2 Å². The van der Waals surface area contributed by atoms with E-state index in [-0.39, 0.29) is 37.7 Å². The van der Waals surface area contributed by atoms with Crippen LogP contribution in [0.5, 0.6) is 0 Å². The number of phosphoric acid groups is 1. The minimum atomic E-state index is -5.14. The van der Waals surface area contributed by atoms with Gasteiger partial charge in [-0.1, -0.05) is 0 Å². The van der Waals surface area contributed by atoms with Crippen molar-refractivity contribution < 1.29 is 57.0 Å². The van der Waals surface area contributed by atoms with Gasteiger partial charge in [0, 0.05) is 0 Å². The van der Waals surface area contributed by atoms with E-state index < -0.39 is 7.82 Å². The average Bonchev–Trinajstić information content (AvgIpc) is 1.36. The summed E-state index contributed by atoms with van der Waals surface area (Å²) in [5.74, 6) is 0. The molecule has 0 heterocycles. The topological polar surface area (TPSA) is 109 Å². The summed E-state index contributed by atoms with van der Waals surface area (Å²) in [4.78, 5) is 24.3. The molecule has 0 fully saturated rings. The van der Waals surface area contributed by atoms with Crippen LogP contribution in [0, 0.1) is 0 Å². The van der Waals surface area contributed by atoms with Gasteiger partial charge < -0.3 is 24.6 Å². The number of hydrogen-bond acceptors (Lipinski definition) is 4. The van der Waals surface area contributed by atoms with E-state index in [1.807, 2.05) is 0 Å². The Hall–Kier alpha value is 1.48. The average molecular weight is 157 g/mol. The molecule has 0 amide bonds. The van der Waals surface area contributed by atoms with Crippen molar-refractivity contribution in [2.45, 2.75) is 0 Å². The van der Waals surface area contributed by atoms with Crippen molar-refractivity contribution in [1.82, 2.24) is 0 Å². The Morgan fingerprint density at radius 2 is 1.33 bits per heavy atom. The summed E-state index contributed by atoms with van der Waals surface area (Å²) in [5, 5.41) is 4.64. The molecule has 5 nitrogen and oxygen atoms in total. The molecule has 0 aliphatic heterocycles. The molecule has 9 heavy (non-hydrogen) atoms. The zero-order valence-electron chi connectivity index (χ0n) is 5.70. The zero-order chi connectivity index (χ0) is 6.50. The van der Waals surface area contributed by atoms with Crippen LogP contribution in [-0.4, -0.2) is 15.3 Å². The third-order valence-electron chi connectivity index (χ3n) is 0. The van der Waals surface area contributed by atoms with Gasteiger partial charge in [0.15, 0.2) is 0 Å². The Labute approximate surface area is 80.5 Å². The van der Waals surface area contributed by atoms with Crippen LogP contribution < -0.4 is 52.9 Å². The molecule has 0 saturated carbocycles. The third-order valence-corrected chi connectivity index (χ3v) is 0. The number of hydrogen-bond donors (Lipinski definition) is 2. The summed E-state index contributed by atoms with van der Waals surface area (Å²) in [7, 11) is -4.33. The van der Waals surface area contributed by atoms with Gasteiger partial charge in [0.2, 0.25) is 0 Å². The predicted octanol–water partition coefficient (Wildman–Crippen LogP) is -9.96. The van der Waals surface area contributed by atoms with E-state index in [2.05, 4.69) is 5.40 Å². The maximum absolute atomic E-state index is 8.66. The zero-order valence-corrected chi connectivity index (χ0v) is 8.59. The largest absolute Gasteiger partial charge is 1.00 e. The first-order valence-corrected chi connectivity index (χ1v) is 3.98. The van der Waals surface area contributed by atoms with E-state index in [0.717, 1.165) is 10.4 Å². The van der Waals surface area contributed by atoms with E-state index >= 15 is 0 Å². The van der Waals surface area contributed by atoms with Crippen LogP contribution in [0.4, 0.5) is 0 Å². The molecule has 0 aliphatic carbocycles. The van der Waals surface area contributed by atoms with E-state index in [1.54, 1.807) is 0 Å². The fraction of sp³-hybridized carbons (Fsp3) is 0. The van der Waals surface area contributed by atoms with Crippen LogP contribution in [0.3, 0.4) is 0 Å². The second-order valence-electron chi connectivity index (χ2n) is 0.469. The van der Waals surface area contributed by atoms with Crippen molar-refractivity contribution in [3.63, 3.8) is 0 Å². The second-order valence-corrected chi connectivity index (χ2v) is 1.41. The molecule has 0 spiro atoms. The molecule has 0 radical (unpaired) electrons. The maximum Gasteiger partial charge on any atom is 1.00 e. The molecule has 0 unspecified atom stereocenters. The summed E-state index contributed by atoms with van der Waals surface area (Å²) in [6.45, 7) is 0. The minimum Gasteiger partial charge on any atom is -0.790 e. The van der Waals surface area contributed by atoms with Crippen LogP contribution in [0.2, 0.25) is 0 Å². The molecule has 0 aliphatic rings. The Morgan fingerprint density at radius 3 is 1.33 bits per heavy atom. The van der Waals surface area contributed by atoms with Crippen molar-refractivity contribution in [3.05, 3.63) is 0 Å². The fourth-order valence-electron chi connectivity index (χ4n) is 0. The molecular weight excluding hydrogens is 151 g/mol. The Kier molecular flexibility index (Phi) is 30.4. The second kappa shape index (κ2) is 12.2. The van der Waals surface area contributed by atoms with Crippen molar-refractivity contribution in [1.29, 1.82) is 0 Å². The minimum absolute atomic E-state index is 0. The van der Waals surface area contributed by atoms with Gasteiger partial charge in [-0.2, -0.15) is 0 Å². The van der Waals surface area contributed by atoms with Gasteiger partial charge in [0.1, 0.15) is 0 Å². The van der Waals surface area contributed by atoms with Crippen molar-refractivity contribution >= 4 is 18.2 Å².